The van der Waals surface area contributed by atoms with Gasteiger partial charge in [-0.15, -0.1) is 0 Å². The van der Waals surface area contributed by atoms with Gasteiger partial charge in [0.05, 0.1) is 11.4 Å². The van der Waals surface area contributed by atoms with Gasteiger partial charge in [-0.2, -0.15) is 5.10 Å². The molecule has 2 rings (SSSR count). The van der Waals surface area contributed by atoms with Gasteiger partial charge in [-0.05, 0) is 31.2 Å². The summed E-state index contributed by atoms with van der Waals surface area (Å²) in [6.07, 6.45) is 0. The van der Waals surface area contributed by atoms with Crippen LogP contribution >= 0.6 is 0 Å². The zero-order valence-corrected chi connectivity index (χ0v) is 11.1. The number of Topliss-reactive ketones (excluding diaryl/α,β-unsaturated/α-hetero) is 1. The second-order valence-corrected chi connectivity index (χ2v) is 4.22. The number of nitrogens with zero attached hydrogens (tertiary/aromatic N) is 2. The normalized spacial score (nSPS) is 11.2. The number of carbonyl (C=O) groups excluding carboxylic acids is 1. The highest BCUT2D eigenvalue weighted by atomic mass is 16.1. The Morgan fingerprint density at radius 2 is 1.26 bits per heavy atom. The Bertz CT molecular complexity index is 537. The summed E-state index contributed by atoms with van der Waals surface area (Å²) in [5, 5.41) is 6.19. The molecule has 0 aliphatic heterocycles. The third-order valence-corrected chi connectivity index (χ3v) is 2.76. The Balaban J connectivity index is 2.46. The van der Waals surface area contributed by atoms with Crippen LogP contribution in [0.5, 0.6) is 0 Å². The fourth-order valence-electron chi connectivity index (χ4n) is 1.62. The van der Waals surface area contributed by atoms with E-state index in [2.05, 4.69) is 5.10 Å². The first-order chi connectivity index (χ1) is 9.18. The average molecular weight is 252 g/mol. The molecule has 0 atom stereocenters. The first-order valence-electron chi connectivity index (χ1n) is 6.15. The van der Waals surface area contributed by atoms with Crippen LogP contribution in [0.25, 0.3) is 0 Å². The minimum atomic E-state index is -0.0307. The number of ketones is 1. The van der Waals surface area contributed by atoms with Crippen molar-refractivity contribution in [1.29, 1.82) is 0 Å². The van der Waals surface area contributed by atoms with E-state index in [1.54, 1.807) is 11.9 Å². The highest BCUT2D eigenvalue weighted by Crippen LogP contribution is 2.25. The quantitative estimate of drug-likeness (QED) is 0.612. The third-order valence-electron chi connectivity index (χ3n) is 2.76. The predicted molar refractivity (Wildman–Crippen MR) is 78.8 cm³/mol. The molecule has 0 saturated heterocycles. The monoisotopic (exact) mass is 252 g/mol. The van der Waals surface area contributed by atoms with E-state index >= 15 is 0 Å². The van der Waals surface area contributed by atoms with Crippen LogP contribution in [-0.2, 0) is 4.79 Å². The van der Waals surface area contributed by atoms with Crippen molar-refractivity contribution >= 4 is 22.9 Å². The molecule has 0 N–H and O–H groups in total. The van der Waals surface area contributed by atoms with E-state index in [0.29, 0.717) is 5.71 Å². The first-order valence-corrected chi connectivity index (χ1v) is 6.15. The van der Waals surface area contributed by atoms with E-state index in [0.717, 1.165) is 11.4 Å². The number of hydrogen-bond acceptors (Lipinski definition) is 3. The van der Waals surface area contributed by atoms with Gasteiger partial charge in [0.1, 0.15) is 5.71 Å². The molecule has 3 nitrogen and oxygen atoms in total. The van der Waals surface area contributed by atoms with Gasteiger partial charge in [-0.1, -0.05) is 36.4 Å². The molecule has 0 spiro atoms. The molecule has 96 valence electrons. The molecule has 2 aromatic carbocycles. The minimum absolute atomic E-state index is 0.0307. The second kappa shape index (κ2) is 5.96. The summed E-state index contributed by atoms with van der Waals surface area (Å²) in [6, 6.07) is 19.5. The lowest BCUT2D eigenvalue weighted by molar-refractivity contribution is -0.111. The number of carbonyl (C=O) groups is 1. The highest BCUT2D eigenvalue weighted by Gasteiger charge is 2.09. The molecule has 0 amide bonds. The molecule has 0 aromatic heterocycles. The summed E-state index contributed by atoms with van der Waals surface area (Å²) < 4.78 is 0. The van der Waals surface area contributed by atoms with E-state index in [9.17, 15) is 4.79 Å². The number of anilines is 2. The smallest absolute Gasteiger partial charge is 0.175 e. The van der Waals surface area contributed by atoms with Gasteiger partial charge in [0.15, 0.2) is 5.78 Å². The maximum absolute atomic E-state index is 11.4. The van der Waals surface area contributed by atoms with Gasteiger partial charge < -0.3 is 0 Å². The molecule has 19 heavy (non-hydrogen) atoms. The number of hydrogen-bond donors (Lipinski definition) is 0. The molecule has 0 bridgehead atoms. The van der Waals surface area contributed by atoms with E-state index in [4.69, 9.17) is 0 Å². The van der Waals surface area contributed by atoms with E-state index in [1.165, 1.54) is 6.92 Å². The Hall–Kier alpha value is -2.42. The Morgan fingerprint density at radius 3 is 1.63 bits per heavy atom. The lowest BCUT2D eigenvalue weighted by atomic mass is 10.2. The predicted octanol–water partition coefficient (Wildman–Crippen LogP) is 3.79. The second-order valence-electron chi connectivity index (χ2n) is 4.22. The minimum Gasteiger partial charge on any atom is -0.293 e. The van der Waals surface area contributed by atoms with Crippen molar-refractivity contribution in [1.82, 2.24) is 0 Å². The number of hydrazone groups is 1. The van der Waals surface area contributed by atoms with Gasteiger partial charge in [0.2, 0.25) is 0 Å². The molecule has 0 heterocycles. The Kier molecular flexibility index (Phi) is 4.08. The fourth-order valence-corrected chi connectivity index (χ4v) is 1.62. The fraction of sp³-hybridized carbons (Fsp3) is 0.125. The van der Waals surface area contributed by atoms with Crippen molar-refractivity contribution in [2.45, 2.75) is 13.8 Å². The van der Waals surface area contributed by atoms with Crippen LogP contribution in [0.3, 0.4) is 0 Å². The molecule has 0 aliphatic rings. The highest BCUT2D eigenvalue weighted by molar-refractivity contribution is 6.38. The summed E-state index contributed by atoms with van der Waals surface area (Å²) in [5.41, 5.74) is 2.33. The lowest BCUT2D eigenvalue weighted by Crippen LogP contribution is -2.15. The topological polar surface area (TPSA) is 32.7 Å². The summed E-state index contributed by atoms with van der Waals surface area (Å²) >= 11 is 0. The molecule has 0 unspecified atom stereocenters. The zero-order chi connectivity index (χ0) is 13.7. The Labute approximate surface area is 113 Å². The molecule has 0 radical (unpaired) electrons. The SMILES string of the molecule is CC(=O)C(C)=NN(c1ccccc1)c1ccccc1. The van der Waals surface area contributed by atoms with Crippen LogP contribution in [0.15, 0.2) is 65.8 Å². The summed E-state index contributed by atoms with van der Waals surface area (Å²) in [5.74, 6) is -0.0307. The average Bonchev–Trinajstić information content (AvgIpc) is 2.46. The molecular weight excluding hydrogens is 236 g/mol. The van der Waals surface area contributed by atoms with Crippen LogP contribution in [0.4, 0.5) is 11.4 Å². The van der Waals surface area contributed by atoms with E-state index in [-0.39, 0.29) is 5.78 Å². The number of rotatable bonds is 4. The maximum Gasteiger partial charge on any atom is 0.175 e. The first kappa shape index (κ1) is 13.0. The van der Waals surface area contributed by atoms with Crippen molar-refractivity contribution < 1.29 is 4.79 Å². The summed E-state index contributed by atoms with van der Waals surface area (Å²) in [4.78, 5) is 11.4. The zero-order valence-electron chi connectivity index (χ0n) is 11.1. The van der Waals surface area contributed by atoms with Gasteiger partial charge in [0, 0.05) is 6.92 Å². The van der Waals surface area contributed by atoms with Crippen LogP contribution in [-0.4, -0.2) is 11.5 Å². The van der Waals surface area contributed by atoms with E-state index in [1.807, 2.05) is 60.7 Å². The Morgan fingerprint density at radius 1 is 0.842 bits per heavy atom. The molecule has 0 aliphatic carbocycles. The van der Waals surface area contributed by atoms with Crippen molar-refractivity contribution in [3.63, 3.8) is 0 Å². The molecule has 3 heteroatoms. The van der Waals surface area contributed by atoms with Crippen molar-refractivity contribution in [2.75, 3.05) is 5.01 Å². The molecule has 0 fully saturated rings. The van der Waals surface area contributed by atoms with Gasteiger partial charge >= 0.3 is 0 Å². The summed E-state index contributed by atoms with van der Waals surface area (Å²) in [6.45, 7) is 3.24. The number of benzene rings is 2. The molecule has 2 aromatic rings. The van der Waals surface area contributed by atoms with Crippen molar-refractivity contribution in [2.24, 2.45) is 5.10 Å². The third kappa shape index (κ3) is 3.28. The van der Waals surface area contributed by atoms with Gasteiger partial charge in [-0.3, -0.25) is 4.79 Å². The molecular formula is C16H16N2O. The van der Waals surface area contributed by atoms with Crippen LogP contribution < -0.4 is 5.01 Å². The van der Waals surface area contributed by atoms with Gasteiger partial charge in [-0.25, -0.2) is 5.01 Å². The standard InChI is InChI=1S/C16H16N2O/c1-13(14(2)19)17-18(15-9-5-3-6-10-15)16-11-7-4-8-12-16/h3-12H,1-2H3. The maximum atomic E-state index is 11.4. The van der Waals surface area contributed by atoms with Crippen LogP contribution in [0, 0.1) is 0 Å². The van der Waals surface area contributed by atoms with Crippen molar-refractivity contribution in [3.05, 3.63) is 60.7 Å². The number of para-hydroxylation sites is 2. The van der Waals surface area contributed by atoms with E-state index < -0.39 is 0 Å². The largest absolute Gasteiger partial charge is 0.293 e. The molecule has 0 saturated carbocycles. The van der Waals surface area contributed by atoms with Crippen molar-refractivity contribution in [3.8, 4) is 0 Å². The lowest BCUT2D eigenvalue weighted by Gasteiger charge is -2.19. The summed E-state index contributed by atoms with van der Waals surface area (Å²) in [7, 11) is 0. The van der Waals surface area contributed by atoms with Crippen LogP contribution in [0.2, 0.25) is 0 Å². The van der Waals surface area contributed by atoms with Crippen LogP contribution in [0.1, 0.15) is 13.8 Å². The van der Waals surface area contributed by atoms with Gasteiger partial charge in [0.25, 0.3) is 0 Å².